The molecule has 0 spiro atoms. The van der Waals surface area contributed by atoms with E-state index in [0.717, 1.165) is 31.1 Å². The van der Waals surface area contributed by atoms with Gasteiger partial charge >= 0.3 is 6.03 Å². The Balaban J connectivity index is 1.48. The van der Waals surface area contributed by atoms with Gasteiger partial charge in [-0.1, -0.05) is 6.07 Å². The van der Waals surface area contributed by atoms with Gasteiger partial charge in [-0.25, -0.2) is 4.79 Å². The molecule has 0 saturated carbocycles. The highest BCUT2D eigenvalue weighted by Gasteiger charge is 2.55. The summed E-state index contributed by atoms with van der Waals surface area (Å²) in [6.07, 6.45) is 2.41. The molecule has 2 amide bonds. The van der Waals surface area contributed by atoms with E-state index in [9.17, 15) is 4.79 Å². The number of urea groups is 1. The summed E-state index contributed by atoms with van der Waals surface area (Å²) in [5, 5.41) is 3.19. The number of amides is 2. The fourth-order valence-electron chi connectivity index (χ4n) is 5.48. The maximum atomic E-state index is 13.1. The third-order valence-electron chi connectivity index (χ3n) is 6.56. The van der Waals surface area contributed by atoms with Crippen molar-refractivity contribution >= 4 is 6.03 Å². The van der Waals surface area contributed by atoms with Gasteiger partial charge in [0.1, 0.15) is 0 Å². The number of hydrogen-bond donors (Lipinski definition) is 1. The van der Waals surface area contributed by atoms with Crippen molar-refractivity contribution in [3.05, 3.63) is 23.8 Å². The maximum Gasteiger partial charge on any atom is 0.318 e. The fourth-order valence-corrected chi connectivity index (χ4v) is 5.48. The number of fused-ring (bicyclic) bond motifs is 3. The molecule has 27 heavy (non-hydrogen) atoms. The quantitative estimate of drug-likeness (QED) is 0.825. The normalized spacial score (nSPS) is 33.9. The van der Waals surface area contributed by atoms with Gasteiger partial charge in [-0.2, -0.15) is 0 Å². The Morgan fingerprint density at radius 3 is 2.59 bits per heavy atom. The molecule has 0 radical (unpaired) electrons. The van der Waals surface area contributed by atoms with Crippen LogP contribution in [0.25, 0.3) is 0 Å². The van der Waals surface area contributed by atoms with Crippen molar-refractivity contribution in [2.24, 2.45) is 5.92 Å². The lowest BCUT2D eigenvalue weighted by Crippen LogP contribution is -2.62. The highest BCUT2D eigenvalue weighted by molar-refractivity contribution is 5.76. The molecule has 1 aromatic carbocycles. The van der Waals surface area contributed by atoms with Crippen molar-refractivity contribution in [3.8, 4) is 11.5 Å². The number of likely N-dealkylation sites (tertiary alicyclic amines) is 1. The van der Waals surface area contributed by atoms with Crippen molar-refractivity contribution in [2.45, 2.75) is 57.2 Å². The summed E-state index contributed by atoms with van der Waals surface area (Å²) in [6.45, 7) is 9.51. The average Bonchev–Trinajstić information content (AvgIpc) is 3.26. The lowest BCUT2D eigenvalue weighted by atomic mass is 9.75. The van der Waals surface area contributed by atoms with E-state index >= 15 is 0 Å². The Hall–Kier alpha value is -1.95. The molecule has 6 heteroatoms. The number of carbonyl (C=O) groups excluding carboxylic acids is 1. The summed E-state index contributed by atoms with van der Waals surface area (Å²) in [6, 6.07) is 7.09. The predicted octanol–water partition coefficient (Wildman–Crippen LogP) is 2.79. The molecule has 1 N–H and O–H groups in total. The predicted molar refractivity (Wildman–Crippen MR) is 102 cm³/mol. The molecule has 5 aliphatic heterocycles. The van der Waals surface area contributed by atoms with Crippen molar-refractivity contribution in [1.29, 1.82) is 0 Å². The lowest BCUT2D eigenvalue weighted by Gasteiger charge is -2.51. The fraction of sp³-hybridized carbons (Fsp3) is 0.667. The molecule has 5 aliphatic rings. The van der Waals surface area contributed by atoms with Crippen LogP contribution >= 0.6 is 0 Å². The van der Waals surface area contributed by atoms with Crippen molar-refractivity contribution < 1.29 is 14.3 Å². The summed E-state index contributed by atoms with van der Waals surface area (Å²) in [4.78, 5) is 17.8. The molecule has 0 aromatic heterocycles. The Labute approximate surface area is 160 Å². The molecule has 2 bridgehead atoms. The minimum Gasteiger partial charge on any atom is -0.454 e. The van der Waals surface area contributed by atoms with Crippen LogP contribution in [0.2, 0.25) is 0 Å². The Kier molecular flexibility index (Phi) is 3.83. The molecule has 3 atom stereocenters. The summed E-state index contributed by atoms with van der Waals surface area (Å²) >= 11 is 0. The maximum absolute atomic E-state index is 13.1. The van der Waals surface area contributed by atoms with Gasteiger partial charge in [-0.3, -0.25) is 4.90 Å². The minimum atomic E-state index is -0.225. The molecule has 0 unspecified atom stereocenters. The van der Waals surface area contributed by atoms with E-state index in [4.69, 9.17) is 9.47 Å². The zero-order valence-corrected chi connectivity index (χ0v) is 16.4. The zero-order chi connectivity index (χ0) is 18.8. The first kappa shape index (κ1) is 17.2. The molecular weight excluding hydrogens is 342 g/mol. The van der Waals surface area contributed by atoms with Crippen LogP contribution in [-0.4, -0.2) is 59.9 Å². The number of rotatable bonds is 1. The van der Waals surface area contributed by atoms with Gasteiger partial charge < -0.3 is 19.7 Å². The van der Waals surface area contributed by atoms with E-state index in [2.05, 4.69) is 27.2 Å². The molecule has 5 heterocycles. The summed E-state index contributed by atoms with van der Waals surface area (Å²) < 4.78 is 11.1. The summed E-state index contributed by atoms with van der Waals surface area (Å²) in [5.41, 5.74) is 1.03. The smallest absolute Gasteiger partial charge is 0.318 e. The molecule has 1 aromatic rings. The second-order valence-corrected chi connectivity index (χ2v) is 9.41. The van der Waals surface area contributed by atoms with Crippen LogP contribution in [-0.2, 0) is 0 Å². The van der Waals surface area contributed by atoms with Gasteiger partial charge in [0.05, 0.1) is 6.04 Å². The van der Waals surface area contributed by atoms with Crippen LogP contribution in [0.4, 0.5) is 4.79 Å². The van der Waals surface area contributed by atoms with Crippen LogP contribution in [0.1, 0.15) is 45.1 Å². The summed E-state index contributed by atoms with van der Waals surface area (Å²) in [5.74, 6) is 2.58. The number of ether oxygens (including phenoxy) is 2. The van der Waals surface area contributed by atoms with Crippen LogP contribution in [0.3, 0.4) is 0 Å². The first-order valence-corrected chi connectivity index (χ1v) is 10.1. The molecule has 4 saturated heterocycles. The van der Waals surface area contributed by atoms with Gasteiger partial charge in [0, 0.05) is 24.0 Å². The second-order valence-electron chi connectivity index (χ2n) is 9.41. The van der Waals surface area contributed by atoms with Gasteiger partial charge in [0.2, 0.25) is 6.79 Å². The number of piperidine rings is 3. The van der Waals surface area contributed by atoms with Crippen LogP contribution in [0.15, 0.2) is 18.2 Å². The highest BCUT2D eigenvalue weighted by atomic mass is 16.7. The van der Waals surface area contributed by atoms with Gasteiger partial charge in [0.15, 0.2) is 11.5 Å². The standard InChI is InChI=1S/C21H29N3O3/c1-21(2,3)22-20(25)24-11-15(14-4-5-16-17(10-14)27-12-26-16)19-18(24)13-6-8-23(19)9-7-13/h4-5,10,13,15,18-19H,6-9,11-12H2,1-3H3,(H,22,25)/t15-,18+,19+/m1/s1. The zero-order valence-electron chi connectivity index (χ0n) is 16.4. The molecule has 4 fully saturated rings. The van der Waals surface area contributed by atoms with Crippen LogP contribution < -0.4 is 14.8 Å². The van der Waals surface area contributed by atoms with E-state index in [1.807, 2.05) is 26.8 Å². The third-order valence-corrected chi connectivity index (χ3v) is 6.56. The van der Waals surface area contributed by atoms with Crippen LogP contribution in [0, 0.1) is 5.92 Å². The van der Waals surface area contributed by atoms with Gasteiger partial charge in [0.25, 0.3) is 0 Å². The molecular formula is C21H29N3O3. The number of carbonyl (C=O) groups is 1. The van der Waals surface area contributed by atoms with E-state index in [-0.39, 0.29) is 11.6 Å². The SMILES string of the molecule is CC(C)(C)NC(=O)N1C[C@H](c2ccc3c(c2)OCO3)[C@H]2[C@@H]1C1CCN2CC1. The highest BCUT2D eigenvalue weighted by Crippen LogP contribution is 2.47. The largest absolute Gasteiger partial charge is 0.454 e. The number of nitrogens with zero attached hydrogens (tertiary/aromatic N) is 2. The molecule has 146 valence electrons. The lowest BCUT2D eigenvalue weighted by molar-refractivity contribution is 0.00296. The Morgan fingerprint density at radius 1 is 1.11 bits per heavy atom. The molecule has 6 nitrogen and oxygen atoms in total. The second kappa shape index (κ2) is 6.03. The van der Waals surface area contributed by atoms with E-state index in [1.165, 1.54) is 18.4 Å². The van der Waals surface area contributed by atoms with Gasteiger partial charge in [-0.15, -0.1) is 0 Å². The summed E-state index contributed by atoms with van der Waals surface area (Å²) in [7, 11) is 0. The molecule has 0 aliphatic carbocycles. The first-order chi connectivity index (χ1) is 12.9. The molecule has 6 rings (SSSR count). The first-order valence-electron chi connectivity index (χ1n) is 10.1. The van der Waals surface area contributed by atoms with E-state index in [1.54, 1.807) is 0 Å². The number of hydrogen-bond acceptors (Lipinski definition) is 4. The topological polar surface area (TPSA) is 54.0 Å². The monoisotopic (exact) mass is 371 g/mol. The van der Waals surface area contributed by atoms with Crippen molar-refractivity contribution in [3.63, 3.8) is 0 Å². The average molecular weight is 371 g/mol. The number of benzene rings is 1. The Bertz CT molecular complexity index is 752. The van der Waals surface area contributed by atoms with Crippen LogP contribution in [0.5, 0.6) is 11.5 Å². The van der Waals surface area contributed by atoms with Crippen molar-refractivity contribution in [1.82, 2.24) is 15.1 Å². The van der Waals surface area contributed by atoms with Crippen molar-refractivity contribution in [2.75, 3.05) is 26.4 Å². The van der Waals surface area contributed by atoms with E-state index < -0.39 is 0 Å². The van der Waals surface area contributed by atoms with Gasteiger partial charge in [-0.05, 0) is 70.3 Å². The van der Waals surface area contributed by atoms with E-state index in [0.29, 0.717) is 30.7 Å². The number of nitrogens with one attached hydrogen (secondary N) is 1. The minimum absolute atomic E-state index is 0.0782. The third kappa shape index (κ3) is 2.85. The Morgan fingerprint density at radius 2 is 1.85 bits per heavy atom.